The molecule has 1 unspecified atom stereocenters. The Bertz CT molecular complexity index is 953. The highest BCUT2D eigenvalue weighted by Crippen LogP contribution is 2.44. The van der Waals surface area contributed by atoms with Gasteiger partial charge in [0.1, 0.15) is 0 Å². The fourth-order valence-corrected chi connectivity index (χ4v) is 3.66. The zero-order chi connectivity index (χ0) is 19.3. The number of hydrazine groups is 1. The Hall–Kier alpha value is -2.79. The van der Waals surface area contributed by atoms with Gasteiger partial charge in [0.05, 0.1) is 11.4 Å². The molecule has 0 spiro atoms. The molecule has 27 heavy (non-hydrogen) atoms. The van der Waals surface area contributed by atoms with Gasteiger partial charge in [0.2, 0.25) is 0 Å². The summed E-state index contributed by atoms with van der Waals surface area (Å²) in [5.74, 6) is -0.687. The van der Waals surface area contributed by atoms with Gasteiger partial charge in [0.15, 0.2) is 0 Å². The summed E-state index contributed by atoms with van der Waals surface area (Å²) in [6.07, 6.45) is 0. The SMILES string of the molecule is O=C(NP(=O)(O)N(Nc1ccccc1)c1ccccc1)c1ccc(Cl)cc1. The summed E-state index contributed by atoms with van der Waals surface area (Å²) >= 11 is 5.82. The molecule has 3 aromatic carbocycles. The lowest BCUT2D eigenvalue weighted by Gasteiger charge is -2.30. The molecule has 8 heteroatoms. The molecule has 0 bridgehead atoms. The summed E-state index contributed by atoms with van der Waals surface area (Å²) in [7, 11) is -4.33. The van der Waals surface area contributed by atoms with Crippen molar-refractivity contribution < 1.29 is 14.3 Å². The first-order chi connectivity index (χ1) is 13.0. The topological polar surface area (TPSA) is 81.7 Å². The van der Waals surface area contributed by atoms with Crippen LogP contribution in [0.5, 0.6) is 0 Å². The molecule has 0 saturated carbocycles. The number of benzene rings is 3. The van der Waals surface area contributed by atoms with E-state index < -0.39 is 13.6 Å². The van der Waals surface area contributed by atoms with Gasteiger partial charge < -0.3 is 4.89 Å². The maximum atomic E-state index is 13.0. The second kappa shape index (κ2) is 8.27. The van der Waals surface area contributed by atoms with Crippen LogP contribution < -0.4 is 15.3 Å². The normalized spacial score (nSPS) is 12.7. The van der Waals surface area contributed by atoms with Crippen molar-refractivity contribution in [1.29, 1.82) is 0 Å². The fourth-order valence-electron chi connectivity index (χ4n) is 2.34. The minimum Gasteiger partial charge on any atom is -0.312 e. The summed E-state index contributed by atoms with van der Waals surface area (Å²) in [5.41, 5.74) is 4.12. The second-order valence-corrected chi connectivity index (χ2v) is 7.77. The Morgan fingerprint density at radius 2 is 1.44 bits per heavy atom. The molecule has 0 aromatic heterocycles. The minimum absolute atomic E-state index is 0.224. The summed E-state index contributed by atoms with van der Waals surface area (Å²) < 4.78 is 14.1. The van der Waals surface area contributed by atoms with E-state index in [1.807, 2.05) is 6.07 Å². The second-order valence-electron chi connectivity index (χ2n) is 5.62. The number of amides is 1. The van der Waals surface area contributed by atoms with Gasteiger partial charge in [-0.05, 0) is 48.5 Å². The molecular weight excluding hydrogens is 385 g/mol. The third kappa shape index (κ3) is 4.89. The van der Waals surface area contributed by atoms with Crippen LogP contribution in [0.4, 0.5) is 11.4 Å². The number of carbonyl (C=O) groups excluding carboxylic acids is 1. The number of nitrogens with one attached hydrogen (secondary N) is 2. The first kappa shape index (κ1) is 19.0. The van der Waals surface area contributed by atoms with E-state index in [4.69, 9.17) is 11.6 Å². The van der Waals surface area contributed by atoms with Crippen molar-refractivity contribution in [2.24, 2.45) is 0 Å². The maximum absolute atomic E-state index is 13.0. The molecule has 138 valence electrons. The highest BCUT2D eigenvalue weighted by molar-refractivity contribution is 7.58. The Labute approximate surface area is 161 Å². The van der Waals surface area contributed by atoms with Crippen molar-refractivity contribution in [3.05, 3.63) is 95.5 Å². The van der Waals surface area contributed by atoms with E-state index in [-0.39, 0.29) is 5.56 Å². The largest absolute Gasteiger partial charge is 0.412 e. The molecular formula is C19H17ClN3O3P. The van der Waals surface area contributed by atoms with E-state index in [2.05, 4.69) is 10.5 Å². The van der Waals surface area contributed by atoms with Crippen molar-refractivity contribution in [2.45, 2.75) is 0 Å². The Balaban J connectivity index is 1.88. The van der Waals surface area contributed by atoms with Crippen LogP contribution in [0.25, 0.3) is 0 Å². The number of rotatable bonds is 6. The van der Waals surface area contributed by atoms with Gasteiger partial charge in [-0.3, -0.25) is 15.3 Å². The molecule has 1 amide bonds. The quantitative estimate of drug-likeness (QED) is 0.412. The van der Waals surface area contributed by atoms with Crippen molar-refractivity contribution in [1.82, 2.24) is 5.09 Å². The Morgan fingerprint density at radius 1 is 0.889 bits per heavy atom. The molecule has 3 N–H and O–H groups in total. The average Bonchev–Trinajstić information content (AvgIpc) is 2.67. The van der Waals surface area contributed by atoms with Gasteiger partial charge in [-0.25, -0.2) is 4.57 Å². The lowest BCUT2D eigenvalue weighted by molar-refractivity contribution is 0.0977. The molecule has 0 aliphatic heterocycles. The van der Waals surface area contributed by atoms with E-state index in [1.54, 1.807) is 54.6 Å². The highest BCUT2D eigenvalue weighted by Gasteiger charge is 2.32. The number of hydrogen-bond donors (Lipinski definition) is 3. The number of anilines is 2. The van der Waals surface area contributed by atoms with Crippen molar-refractivity contribution in [3.63, 3.8) is 0 Å². The monoisotopic (exact) mass is 401 g/mol. The molecule has 0 aliphatic carbocycles. The fraction of sp³-hybridized carbons (Fsp3) is 0. The summed E-state index contributed by atoms with van der Waals surface area (Å²) in [6, 6.07) is 23.5. The van der Waals surface area contributed by atoms with Crippen LogP contribution in [0, 0.1) is 0 Å². The van der Waals surface area contributed by atoms with Crippen LogP contribution in [-0.4, -0.2) is 10.8 Å². The van der Waals surface area contributed by atoms with Gasteiger partial charge in [0.25, 0.3) is 5.91 Å². The lowest BCUT2D eigenvalue weighted by atomic mass is 10.2. The number of nitrogens with zero attached hydrogens (tertiary/aromatic N) is 1. The molecule has 6 nitrogen and oxygen atoms in total. The lowest BCUT2D eigenvalue weighted by Crippen LogP contribution is -2.35. The average molecular weight is 402 g/mol. The molecule has 0 fully saturated rings. The first-order valence-corrected chi connectivity index (χ1v) is 10.0. The van der Waals surface area contributed by atoms with E-state index in [0.29, 0.717) is 16.4 Å². The van der Waals surface area contributed by atoms with E-state index in [1.165, 1.54) is 24.3 Å². The molecule has 0 radical (unpaired) electrons. The third-order valence-electron chi connectivity index (χ3n) is 3.63. The first-order valence-electron chi connectivity index (χ1n) is 8.04. The molecule has 0 saturated heterocycles. The van der Waals surface area contributed by atoms with E-state index in [9.17, 15) is 14.3 Å². The molecule has 1 atom stereocenters. The smallest absolute Gasteiger partial charge is 0.312 e. The van der Waals surface area contributed by atoms with Crippen LogP contribution in [-0.2, 0) is 4.57 Å². The zero-order valence-electron chi connectivity index (χ0n) is 14.1. The maximum Gasteiger partial charge on any atom is 0.412 e. The van der Waals surface area contributed by atoms with Gasteiger partial charge in [-0.2, -0.15) is 4.78 Å². The number of carbonyl (C=O) groups is 1. The van der Waals surface area contributed by atoms with Gasteiger partial charge in [-0.1, -0.05) is 48.0 Å². The van der Waals surface area contributed by atoms with E-state index in [0.717, 1.165) is 4.78 Å². The molecule has 0 heterocycles. The minimum atomic E-state index is -4.33. The van der Waals surface area contributed by atoms with Crippen LogP contribution >= 0.6 is 19.3 Å². The summed E-state index contributed by atoms with van der Waals surface area (Å²) in [6.45, 7) is 0. The van der Waals surface area contributed by atoms with Crippen molar-refractivity contribution in [2.75, 3.05) is 10.2 Å². The number of halogens is 1. The Kier molecular flexibility index (Phi) is 5.81. The van der Waals surface area contributed by atoms with Crippen LogP contribution in [0.2, 0.25) is 5.02 Å². The third-order valence-corrected chi connectivity index (χ3v) is 5.25. The molecule has 3 aromatic rings. The predicted molar refractivity (Wildman–Crippen MR) is 108 cm³/mol. The van der Waals surface area contributed by atoms with Crippen molar-refractivity contribution >= 4 is 36.6 Å². The summed E-state index contributed by atoms with van der Waals surface area (Å²) in [5, 5.41) is 2.67. The van der Waals surface area contributed by atoms with Gasteiger partial charge in [0, 0.05) is 10.6 Å². The van der Waals surface area contributed by atoms with Gasteiger partial charge in [-0.15, -0.1) is 0 Å². The van der Waals surface area contributed by atoms with Crippen LogP contribution in [0.1, 0.15) is 10.4 Å². The van der Waals surface area contributed by atoms with Crippen LogP contribution in [0.3, 0.4) is 0 Å². The standard InChI is InChI=1S/C19H17ClN3O3P/c20-16-13-11-15(12-14-16)19(24)22-27(25,26)23(18-9-5-2-6-10-18)21-17-7-3-1-4-8-17/h1-14,21H,(H2,22,24,25,26). The van der Waals surface area contributed by atoms with Gasteiger partial charge >= 0.3 is 7.67 Å². The Morgan fingerprint density at radius 3 is 2.04 bits per heavy atom. The number of para-hydroxylation sites is 2. The van der Waals surface area contributed by atoms with E-state index >= 15 is 0 Å². The number of hydrogen-bond acceptors (Lipinski definition) is 3. The van der Waals surface area contributed by atoms with Crippen molar-refractivity contribution in [3.8, 4) is 0 Å². The highest BCUT2D eigenvalue weighted by atomic mass is 35.5. The molecule has 3 rings (SSSR count). The predicted octanol–water partition coefficient (Wildman–Crippen LogP) is 4.70. The molecule has 0 aliphatic rings. The van der Waals surface area contributed by atoms with Crippen LogP contribution in [0.15, 0.2) is 84.9 Å². The summed E-state index contributed by atoms with van der Waals surface area (Å²) in [4.78, 5) is 23.1. The zero-order valence-corrected chi connectivity index (χ0v) is 15.8.